The minimum Gasteiger partial charge on any atom is -0.508 e. The maximum absolute atomic E-state index is 13.1. The van der Waals surface area contributed by atoms with Gasteiger partial charge in [0.15, 0.2) is 11.6 Å². The Balaban J connectivity index is 0.000000220. The van der Waals surface area contributed by atoms with Crippen molar-refractivity contribution in [3.05, 3.63) is 293 Å². The number of nitrogens with zero attached hydrogens (tertiary/aromatic N) is 7. The van der Waals surface area contributed by atoms with Crippen molar-refractivity contribution in [3.63, 3.8) is 0 Å². The van der Waals surface area contributed by atoms with Crippen molar-refractivity contribution in [2.75, 3.05) is 118 Å². The summed E-state index contributed by atoms with van der Waals surface area (Å²) >= 11 is 12.0. The number of hydrogen-bond acceptors (Lipinski definition) is 17. The fraction of sp³-hybridized carbons (Fsp3) is 0.347. The monoisotopic (exact) mass is 1840 g/mol. The largest absolute Gasteiger partial charge is 0.508 e. The van der Waals surface area contributed by atoms with E-state index < -0.39 is 11.6 Å². The lowest BCUT2D eigenvalue weighted by Crippen LogP contribution is -2.48. The molecule has 1 heterocycles. The van der Waals surface area contributed by atoms with E-state index in [1.54, 1.807) is 153 Å². The van der Waals surface area contributed by atoms with Crippen LogP contribution in [-0.2, 0) is 63.1 Å². The van der Waals surface area contributed by atoms with E-state index in [2.05, 4.69) is 28.0 Å². The molecule has 0 bridgehead atoms. The summed E-state index contributed by atoms with van der Waals surface area (Å²) in [5.41, 5.74) is 7.47. The summed E-state index contributed by atoms with van der Waals surface area (Å²) in [6.45, 7) is 7.59. The summed E-state index contributed by atoms with van der Waals surface area (Å²) in [6.07, 6.45) is 8.69. The van der Waals surface area contributed by atoms with Crippen LogP contribution >= 0.6 is 59.3 Å². The van der Waals surface area contributed by atoms with Crippen LogP contribution in [0, 0.1) is 23.3 Å². The zero-order chi connectivity index (χ0) is 92.5. The van der Waals surface area contributed by atoms with Crippen LogP contribution in [0.3, 0.4) is 0 Å². The molecule has 0 atom stereocenters. The van der Waals surface area contributed by atoms with Gasteiger partial charge in [-0.2, -0.15) is 0 Å². The number of benzene rings is 10. The van der Waals surface area contributed by atoms with Crippen LogP contribution in [-0.4, -0.2) is 187 Å². The van der Waals surface area contributed by atoms with Crippen LogP contribution in [0.2, 0.25) is 0 Å². The highest BCUT2D eigenvalue weighted by molar-refractivity contribution is 8.00. The quantitative estimate of drug-likeness (QED) is 0.0160. The topological polar surface area (TPSA) is 185 Å². The van der Waals surface area contributed by atoms with Gasteiger partial charge in [0, 0.05) is 174 Å². The van der Waals surface area contributed by atoms with Gasteiger partial charge in [0.25, 0.3) is 0 Å². The molecule has 2 N–H and O–H groups in total. The number of hydrogen-bond donors (Lipinski definition) is 2. The van der Waals surface area contributed by atoms with Gasteiger partial charge in [-0.05, 0) is 213 Å². The molecule has 1 saturated heterocycles. The SMILES string of the molecule is CC(=O)N1CCN(c2ccccc2CN(C)C(=O)CCCSc2ccc(O)cc2)CC1.COc1ccccc1CN(C)C(=O)CCCCc1ccc(F)cc1.COc1ccccc1CN(C)C(=O)CCCSc1ccc(F)c(F)c1.COc1ccccc1CN(C)C(=O)CCCSc1cccc(F)c1.COc1ccccc1CN(C)C(=S)CCCSc1ccc(O)cc1. The van der Waals surface area contributed by atoms with E-state index in [4.69, 9.17) is 31.2 Å². The van der Waals surface area contributed by atoms with Crippen LogP contribution in [0.25, 0.3) is 0 Å². The maximum Gasteiger partial charge on any atom is 0.222 e. The zero-order valence-corrected chi connectivity index (χ0v) is 79.0. The van der Waals surface area contributed by atoms with Crippen molar-refractivity contribution in [2.24, 2.45) is 0 Å². The predicted octanol–water partition coefficient (Wildman–Crippen LogP) is 21.4. The third-order valence-electron chi connectivity index (χ3n) is 20.6. The normalized spacial score (nSPS) is 11.3. The van der Waals surface area contributed by atoms with Crippen LogP contribution < -0.4 is 23.8 Å². The lowest BCUT2D eigenvalue weighted by Gasteiger charge is -2.37. The first kappa shape index (κ1) is 104. The number of carbonyl (C=O) groups is 5. The molecule has 1 fully saturated rings. The maximum atomic E-state index is 13.1. The van der Waals surface area contributed by atoms with Crippen molar-refractivity contribution in [1.29, 1.82) is 0 Å². The van der Waals surface area contributed by atoms with Gasteiger partial charge in [0.2, 0.25) is 29.5 Å². The van der Waals surface area contributed by atoms with Gasteiger partial charge in [0.1, 0.15) is 46.1 Å². The molecular formula is C101H121F4N7O11S5. The van der Waals surface area contributed by atoms with Gasteiger partial charge in [-0.15, -0.1) is 47.0 Å². The second-order valence-corrected chi connectivity index (χ2v) is 35.4. The van der Waals surface area contributed by atoms with Crippen molar-refractivity contribution < 1.29 is 70.7 Å². The number of aryl methyl sites for hydroxylation is 1. The number of para-hydroxylation sites is 5. The van der Waals surface area contributed by atoms with E-state index >= 15 is 0 Å². The zero-order valence-electron chi connectivity index (χ0n) is 74.9. The molecule has 0 aliphatic carbocycles. The van der Waals surface area contributed by atoms with E-state index in [0.29, 0.717) is 74.7 Å². The second-order valence-electron chi connectivity index (χ2n) is 30.3. The first-order valence-electron chi connectivity index (χ1n) is 42.5. The Morgan fingerprint density at radius 3 is 1.11 bits per heavy atom. The number of aromatic hydroxyl groups is 2. The summed E-state index contributed by atoms with van der Waals surface area (Å²) in [6, 6.07) is 70.6. The average molecular weight is 1850 g/mol. The summed E-state index contributed by atoms with van der Waals surface area (Å²) < 4.78 is 73.3. The lowest BCUT2D eigenvalue weighted by molar-refractivity contribution is -0.131. The number of phenolic OH excluding ortho intramolecular Hbond substituents is 2. The Labute approximate surface area is 776 Å². The van der Waals surface area contributed by atoms with Crippen LogP contribution in [0.5, 0.6) is 34.5 Å². The minimum absolute atomic E-state index is 0.0387. The molecule has 27 heteroatoms. The molecule has 18 nitrogen and oxygen atoms in total. The standard InChI is InChI=1S/C24H31N3O3S.C20H24FNO2.C19H21F2NO2S.C19H22FNO2S.C19H23NO2S2/c1-19(28)26-13-15-27(16-14-26)23-7-4-3-6-20(23)18-25(2)24(30)8-5-17-31-22-11-9-21(29)10-12-22;1-22(15-17-8-4-5-9-19(17)24-2)20(23)10-6-3-7-16-11-13-18(21)14-12-16;1-22(13-14-6-3-4-7-18(14)24-2)19(23)8-5-11-25-15-9-10-16(20)17(21)12-15;1-21(14-15-7-3-4-10-18(15)23-2)19(22)11-6-12-24-17-9-5-8-16(20)13-17;1-20(14-15-6-3-4-7-18(15)22-2)19(23)8-5-13-24-17-11-9-16(21)10-12-17/h3-4,6-7,9-12,29H,5,8,13-18H2,1-2H3;4-5,8-9,11-14H,3,6-7,10,15H2,1-2H3;3-4,6-7,9-10,12H,5,8,11,13H2,1-2H3;3-5,7-10,13H,6,11-12,14H2,1-2H3;3-4,6-7,9-12,21H,5,8,13-14H2,1-2H3. The van der Waals surface area contributed by atoms with Crippen molar-refractivity contribution in [1.82, 2.24) is 29.4 Å². The number of amides is 5. The van der Waals surface area contributed by atoms with Gasteiger partial charge in [-0.3, -0.25) is 24.0 Å². The number of unbranched alkanes of at least 4 members (excludes halogenated alkanes) is 1. The average Bonchev–Trinajstić information content (AvgIpc) is 0.821. The highest BCUT2D eigenvalue weighted by Crippen LogP contribution is 2.30. The molecule has 684 valence electrons. The Bertz CT molecular complexity index is 4920. The third-order valence-corrected chi connectivity index (χ3v) is 25.5. The van der Waals surface area contributed by atoms with Gasteiger partial charge in [-0.25, -0.2) is 17.6 Å². The number of anilines is 1. The smallest absolute Gasteiger partial charge is 0.222 e. The number of thioether (sulfide) groups is 4. The highest BCUT2D eigenvalue weighted by atomic mass is 32.2. The highest BCUT2D eigenvalue weighted by Gasteiger charge is 2.23. The molecule has 5 amide bonds. The molecule has 0 saturated carbocycles. The van der Waals surface area contributed by atoms with E-state index in [1.165, 1.54) is 47.0 Å². The third kappa shape index (κ3) is 38.2. The molecule has 1 aliphatic rings. The van der Waals surface area contributed by atoms with E-state index in [0.717, 1.165) is 178 Å². The van der Waals surface area contributed by atoms with Gasteiger partial charge < -0.3 is 63.5 Å². The molecule has 10 aromatic rings. The molecule has 0 spiro atoms. The number of thiocarbonyl (C=S) groups is 1. The van der Waals surface area contributed by atoms with Crippen LogP contribution in [0.1, 0.15) is 111 Å². The van der Waals surface area contributed by atoms with Crippen molar-refractivity contribution >= 4 is 99.5 Å². The molecule has 0 aromatic heterocycles. The summed E-state index contributed by atoms with van der Waals surface area (Å²) in [4.78, 5) is 78.9. The Kier molecular flexibility index (Phi) is 47.1. The van der Waals surface area contributed by atoms with Crippen molar-refractivity contribution in [2.45, 2.75) is 136 Å². The number of piperazine rings is 1. The van der Waals surface area contributed by atoms with Crippen LogP contribution in [0.15, 0.2) is 256 Å². The Morgan fingerprint density at radius 1 is 0.359 bits per heavy atom. The number of phenols is 2. The van der Waals surface area contributed by atoms with Gasteiger partial charge in [-0.1, -0.05) is 121 Å². The Hall–Kier alpha value is -10.8. The minimum atomic E-state index is -0.850. The van der Waals surface area contributed by atoms with Crippen molar-refractivity contribution in [3.8, 4) is 34.5 Å². The van der Waals surface area contributed by atoms with E-state index in [1.807, 2.05) is 160 Å². The second kappa shape index (κ2) is 57.9. The predicted molar refractivity (Wildman–Crippen MR) is 516 cm³/mol. The number of halogens is 4. The van der Waals surface area contributed by atoms with Crippen LogP contribution in [0.4, 0.5) is 23.2 Å². The number of rotatable bonds is 40. The molecule has 128 heavy (non-hydrogen) atoms. The molecule has 11 rings (SSSR count). The molecule has 10 aromatic carbocycles. The van der Waals surface area contributed by atoms with E-state index in [9.17, 15) is 51.7 Å². The number of methoxy groups -OCH3 is 4. The number of carbonyl (C=O) groups excluding carboxylic acids is 5. The first-order chi connectivity index (χ1) is 61.7. The summed E-state index contributed by atoms with van der Waals surface area (Å²) in [5.74, 6) is 5.53. The Morgan fingerprint density at radius 2 is 0.711 bits per heavy atom. The fourth-order valence-electron chi connectivity index (χ4n) is 13.3. The van der Waals surface area contributed by atoms with E-state index in [-0.39, 0.29) is 46.9 Å². The van der Waals surface area contributed by atoms with Gasteiger partial charge in [0.05, 0.1) is 33.4 Å². The summed E-state index contributed by atoms with van der Waals surface area (Å²) in [7, 11) is 15.8. The molecular weight excluding hydrogens is 1720 g/mol. The lowest BCUT2D eigenvalue weighted by atomic mass is 10.1. The first-order valence-corrected chi connectivity index (χ1v) is 46.9. The molecule has 0 radical (unpaired) electrons. The fourth-order valence-corrected chi connectivity index (χ4v) is 17.0. The molecule has 0 unspecified atom stereocenters. The van der Waals surface area contributed by atoms with Gasteiger partial charge >= 0.3 is 0 Å². The number of ether oxygens (including phenoxy) is 4. The summed E-state index contributed by atoms with van der Waals surface area (Å²) in [5, 5.41) is 18.6. The molecule has 1 aliphatic heterocycles.